The second-order valence-corrected chi connectivity index (χ2v) is 8.56. The van der Waals surface area contributed by atoms with Crippen LogP contribution in [0.15, 0.2) is 84.1 Å². The van der Waals surface area contributed by atoms with Crippen LogP contribution in [-0.4, -0.2) is 16.2 Å². The van der Waals surface area contributed by atoms with Gasteiger partial charge in [0.05, 0.1) is 17.5 Å². The molecule has 2 heterocycles. The predicted octanol–water partition coefficient (Wildman–Crippen LogP) is 4.29. The molecule has 0 saturated carbocycles. The van der Waals surface area contributed by atoms with Crippen LogP contribution in [0, 0.1) is 6.92 Å². The highest BCUT2D eigenvalue weighted by molar-refractivity contribution is 5.95. The second kappa shape index (κ2) is 8.97. The van der Waals surface area contributed by atoms with E-state index >= 15 is 0 Å². The Morgan fingerprint density at radius 1 is 1.03 bits per heavy atom. The number of nitrogens with one attached hydrogen (secondary N) is 1. The van der Waals surface area contributed by atoms with Gasteiger partial charge in [-0.15, -0.1) is 0 Å². The summed E-state index contributed by atoms with van der Waals surface area (Å²) < 4.78 is 0. The lowest BCUT2D eigenvalue weighted by Gasteiger charge is -2.18. The number of benzene rings is 1. The number of hydrogen-bond acceptors (Lipinski definition) is 3. The van der Waals surface area contributed by atoms with Crippen LogP contribution < -0.4 is 15.8 Å². The van der Waals surface area contributed by atoms with Crippen LogP contribution in [-0.2, 0) is 0 Å². The number of aliphatic hydroxyl groups excluding tert-OH is 1. The van der Waals surface area contributed by atoms with Crippen LogP contribution in [0.3, 0.4) is 0 Å². The monoisotopic (exact) mass is 420 g/mol. The summed E-state index contributed by atoms with van der Waals surface area (Å²) in [5.74, 6) is 0. The van der Waals surface area contributed by atoms with Gasteiger partial charge in [-0.1, -0.05) is 48.6 Å². The molecule has 2 aromatic rings. The third kappa shape index (κ3) is 4.30. The molecule has 3 nitrogen and oxygen atoms in total. The third-order valence-electron chi connectivity index (χ3n) is 6.25. The average Bonchev–Trinajstić information content (AvgIpc) is 3.18. The topological polar surface area (TPSA) is 45.1 Å². The molecule has 3 heteroatoms. The fourth-order valence-electron chi connectivity index (χ4n) is 4.53. The van der Waals surface area contributed by atoms with E-state index in [1.165, 1.54) is 21.6 Å². The van der Waals surface area contributed by atoms with Gasteiger partial charge in [-0.3, -0.25) is 4.98 Å². The largest absolute Gasteiger partial charge is 0.393 e. The molecule has 0 spiro atoms. The molecule has 0 amide bonds. The van der Waals surface area contributed by atoms with Crippen molar-refractivity contribution in [3.63, 3.8) is 0 Å². The van der Waals surface area contributed by atoms with Gasteiger partial charge in [0.25, 0.3) is 0 Å². The Morgan fingerprint density at radius 2 is 1.97 bits per heavy atom. The molecule has 160 valence electrons. The minimum atomic E-state index is -0.195. The van der Waals surface area contributed by atoms with E-state index in [9.17, 15) is 5.11 Å². The van der Waals surface area contributed by atoms with E-state index in [1.807, 2.05) is 31.3 Å². The van der Waals surface area contributed by atoms with Crippen molar-refractivity contribution >= 4 is 23.4 Å². The Hall–Kier alpha value is -3.43. The van der Waals surface area contributed by atoms with Crippen molar-refractivity contribution in [3.05, 3.63) is 112 Å². The van der Waals surface area contributed by atoms with Crippen molar-refractivity contribution in [2.24, 2.45) is 0 Å². The quantitative estimate of drug-likeness (QED) is 0.779. The zero-order valence-corrected chi connectivity index (χ0v) is 18.4. The van der Waals surface area contributed by atoms with E-state index in [4.69, 9.17) is 4.98 Å². The first-order valence-corrected chi connectivity index (χ1v) is 11.4. The highest BCUT2D eigenvalue weighted by atomic mass is 16.3. The molecule has 2 aliphatic carbocycles. The fraction of sp³-hybridized carbons (Fsp3) is 0.207. The van der Waals surface area contributed by atoms with Crippen LogP contribution in [0.5, 0.6) is 0 Å². The van der Waals surface area contributed by atoms with E-state index in [-0.39, 0.29) is 6.10 Å². The molecule has 1 unspecified atom stereocenters. The maximum atomic E-state index is 9.87. The molecule has 0 radical (unpaired) electrons. The number of aliphatic hydroxyl groups is 1. The van der Waals surface area contributed by atoms with Crippen molar-refractivity contribution in [3.8, 4) is 0 Å². The first kappa shape index (κ1) is 20.5. The molecule has 1 atom stereocenters. The Balaban J connectivity index is 1.62. The standard InChI is InChI=1S/C29H28N2O/c1-20-6-4-10-28(31-20)29-27(9-2-3-17-30-29)24-12-11-21-7-5-8-23(18-25(21)19-24)22-13-15-26(32)16-14-22/h2-4,6-13,17-19,26,30,32H,5,14-16H2,1H3. The van der Waals surface area contributed by atoms with Crippen LogP contribution in [0.25, 0.3) is 23.4 Å². The normalized spacial score (nSPS) is 20.1. The number of pyridine rings is 1. The van der Waals surface area contributed by atoms with Crippen molar-refractivity contribution < 1.29 is 5.11 Å². The molecule has 1 aromatic heterocycles. The Morgan fingerprint density at radius 3 is 2.81 bits per heavy atom. The van der Waals surface area contributed by atoms with Gasteiger partial charge in [-0.05, 0) is 90.1 Å². The highest BCUT2D eigenvalue weighted by Crippen LogP contribution is 2.27. The second-order valence-electron chi connectivity index (χ2n) is 8.56. The summed E-state index contributed by atoms with van der Waals surface area (Å²) in [5, 5.41) is 15.8. The van der Waals surface area contributed by atoms with E-state index in [0.717, 1.165) is 53.9 Å². The summed E-state index contributed by atoms with van der Waals surface area (Å²) in [6.07, 6.45) is 20.6. The van der Waals surface area contributed by atoms with Gasteiger partial charge in [0.2, 0.25) is 0 Å². The highest BCUT2D eigenvalue weighted by Gasteiger charge is 2.15. The fourth-order valence-corrected chi connectivity index (χ4v) is 4.53. The van der Waals surface area contributed by atoms with Gasteiger partial charge < -0.3 is 10.4 Å². The molecule has 3 aliphatic rings. The summed E-state index contributed by atoms with van der Waals surface area (Å²) in [7, 11) is 0. The number of nitrogens with zero attached hydrogens (tertiary/aromatic N) is 1. The molecular weight excluding hydrogens is 392 g/mol. The number of aryl methyl sites for hydroxylation is 1. The lowest BCUT2D eigenvalue weighted by atomic mass is 9.91. The Kier molecular flexibility index (Phi) is 5.74. The average molecular weight is 421 g/mol. The van der Waals surface area contributed by atoms with Gasteiger partial charge in [0.15, 0.2) is 0 Å². The molecule has 1 aromatic carbocycles. The van der Waals surface area contributed by atoms with Crippen LogP contribution >= 0.6 is 0 Å². The van der Waals surface area contributed by atoms with Crippen LogP contribution in [0.2, 0.25) is 0 Å². The van der Waals surface area contributed by atoms with Crippen molar-refractivity contribution in [1.82, 2.24) is 10.3 Å². The predicted molar refractivity (Wildman–Crippen MR) is 132 cm³/mol. The zero-order chi connectivity index (χ0) is 21.9. The molecule has 0 bridgehead atoms. The third-order valence-corrected chi connectivity index (χ3v) is 6.25. The first-order chi connectivity index (χ1) is 15.7. The lowest BCUT2D eigenvalue weighted by molar-refractivity contribution is 0.163. The lowest BCUT2D eigenvalue weighted by Crippen LogP contribution is -2.24. The van der Waals surface area contributed by atoms with Crippen molar-refractivity contribution in [2.75, 3.05) is 0 Å². The van der Waals surface area contributed by atoms with Crippen LogP contribution in [0.4, 0.5) is 0 Å². The van der Waals surface area contributed by atoms with Crippen molar-refractivity contribution in [1.29, 1.82) is 0 Å². The molecule has 0 saturated heterocycles. The van der Waals surface area contributed by atoms with Gasteiger partial charge in [-0.25, -0.2) is 0 Å². The molecule has 2 N–H and O–H groups in total. The molecule has 5 rings (SSSR count). The smallest absolute Gasteiger partial charge is 0.0873 e. The summed E-state index contributed by atoms with van der Waals surface area (Å²) in [6.45, 7) is 2.02. The van der Waals surface area contributed by atoms with E-state index < -0.39 is 0 Å². The van der Waals surface area contributed by atoms with Crippen LogP contribution in [0.1, 0.15) is 42.6 Å². The molecule has 0 fully saturated rings. The van der Waals surface area contributed by atoms with E-state index in [1.54, 1.807) is 0 Å². The van der Waals surface area contributed by atoms with E-state index in [0.29, 0.717) is 0 Å². The molecular formula is C29H28N2O. The first-order valence-electron chi connectivity index (χ1n) is 11.4. The van der Waals surface area contributed by atoms with Gasteiger partial charge in [-0.2, -0.15) is 0 Å². The number of rotatable bonds is 3. The minimum absolute atomic E-state index is 0.195. The minimum Gasteiger partial charge on any atom is -0.393 e. The Labute approximate surface area is 189 Å². The summed E-state index contributed by atoms with van der Waals surface area (Å²) in [5.41, 5.74) is 7.87. The summed E-state index contributed by atoms with van der Waals surface area (Å²) >= 11 is 0. The number of hydrogen-bond donors (Lipinski definition) is 2. The van der Waals surface area contributed by atoms with Gasteiger partial charge in [0.1, 0.15) is 0 Å². The summed E-state index contributed by atoms with van der Waals surface area (Å²) in [4.78, 5) is 4.76. The Bertz CT molecular complexity index is 1320. The number of aromatic nitrogens is 1. The zero-order valence-electron chi connectivity index (χ0n) is 18.4. The molecule has 32 heavy (non-hydrogen) atoms. The number of fused-ring (bicyclic) bond motifs is 1. The van der Waals surface area contributed by atoms with Gasteiger partial charge in [0, 0.05) is 17.5 Å². The van der Waals surface area contributed by atoms with E-state index in [2.05, 4.69) is 66.0 Å². The SMILES string of the molecule is Cc1cccc(C2=C(c3ccc4c(c3)=CC(C3=CCC(O)CC3)=CCC=4)C=CC=CN2)n1. The molecule has 1 aliphatic heterocycles. The maximum absolute atomic E-state index is 9.87. The number of allylic oxidation sites excluding steroid dienone is 7. The maximum Gasteiger partial charge on any atom is 0.0873 e. The summed E-state index contributed by atoms with van der Waals surface area (Å²) in [6, 6.07) is 12.8. The van der Waals surface area contributed by atoms with Gasteiger partial charge >= 0.3 is 0 Å². The van der Waals surface area contributed by atoms with Crippen molar-refractivity contribution in [2.45, 2.75) is 38.7 Å².